The first kappa shape index (κ1) is 22.2. The van der Waals surface area contributed by atoms with Crippen molar-refractivity contribution in [2.24, 2.45) is 17.8 Å². The quantitative estimate of drug-likeness (QED) is 0.308. The van der Waals surface area contributed by atoms with Crippen LogP contribution in [0.1, 0.15) is 64.4 Å². The van der Waals surface area contributed by atoms with Gasteiger partial charge in [-0.2, -0.15) is 4.39 Å². The summed E-state index contributed by atoms with van der Waals surface area (Å²) in [5.41, 5.74) is 0.350. The van der Waals surface area contributed by atoms with Crippen molar-refractivity contribution in [3.8, 4) is 5.75 Å². The van der Waals surface area contributed by atoms with Crippen molar-refractivity contribution in [2.45, 2.75) is 64.2 Å². The zero-order valence-electron chi connectivity index (χ0n) is 18.0. The third-order valence-corrected chi connectivity index (χ3v) is 9.31. The van der Waals surface area contributed by atoms with E-state index in [4.69, 9.17) is 13.8 Å². The van der Waals surface area contributed by atoms with Gasteiger partial charge in [-0.1, -0.05) is 6.07 Å². The normalized spacial score (nSPS) is 30.1. The van der Waals surface area contributed by atoms with E-state index in [0.29, 0.717) is 43.0 Å². The van der Waals surface area contributed by atoms with Gasteiger partial charge in [0.05, 0.1) is 26.0 Å². The first-order valence-corrected chi connectivity index (χ1v) is 13.1. The molecule has 0 aliphatic heterocycles. The summed E-state index contributed by atoms with van der Waals surface area (Å²) in [4.78, 5) is 0. The van der Waals surface area contributed by atoms with Crippen molar-refractivity contribution in [1.82, 2.24) is 0 Å². The summed E-state index contributed by atoms with van der Waals surface area (Å²) in [6.07, 6.45) is 7.30. The molecule has 4 bridgehead atoms. The van der Waals surface area contributed by atoms with E-state index < -0.39 is 19.2 Å². The van der Waals surface area contributed by atoms with Gasteiger partial charge < -0.3 is 13.8 Å². The van der Waals surface area contributed by atoms with E-state index in [0.717, 1.165) is 19.3 Å². The predicted molar refractivity (Wildman–Crippen MR) is 112 cm³/mol. The molecule has 4 fully saturated rings. The Balaban J connectivity index is 1.41. The summed E-state index contributed by atoms with van der Waals surface area (Å²) in [7, 11) is -3.15. The number of rotatable bonds is 10. The highest BCUT2D eigenvalue weighted by atomic mass is 31.2. The fraction of sp³-hybridized carbons (Fsp3) is 0.739. The molecule has 0 radical (unpaired) electrons. The molecule has 4 nitrogen and oxygen atoms in total. The Hall–Kier alpha value is -0.970. The first-order valence-electron chi connectivity index (χ1n) is 11.4. The minimum Gasteiger partial charge on any atom is -0.490 e. The SMILES string of the molecule is CCOP(=O)(CCCOc1ccc(C23CC4CC(CC(C4)C2)C3)c(F)c1F)OCC. The van der Waals surface area contributed by atoms with Crippen molar-refractivity contribution in [2.75, 3.05) is 26.0 Å². The second-order valence-electron chi connectivity index (χ2n) is 9.31. The number of hydrogen-bond acceptors (Lipinski definition) is 4. The molecule has 0 saturated heterocycles. The molecule has 5 rings (SSSR count). The fourth-order valence-corrected chi connectivity index (χ4v) is 8.13. The molecule has 0 atom stereocenters. The van der Waals surface area contributed by atoms with Crippen LogP contribution >= 0.6 is 7.60 Å². The van der Waals surface area contributed by atoms with Crippen LogP contribution in [-0.2, 0) is 19.0 Å². The van der Waals surface area contributed by atoms with E-state index in [1.807, 2.05) is 0 Å². The van der Waals surface area contributed by atoms with E-state index in [2.05, 4.69) is 0 Å². The van der Waals surface area contributed by atoms with Crippen LogP contribution in [0.25, 0.3) is 0 Å². The monoisotopic (exact) mass is 442 g/mol. The zero-order valence-corrected chi connectivity index (χ0v) is 18.9. The molecule has 0 heterocycles. The Morgan fingerprint density at radius 3 is 2.07 bits per heavy atom. The average molecular weight is 442 g/mol. The van der Waals surface area contributed by atoms with Crippen molar-refractivity contribution < 1.29 is 27.1 Å². The van der Waals surface area contributed by atoms with Crippen LogP contribution in [0.5, 0.6) is 5.75 Å². The molecule has 1 aromatic rings. The first-order chi connectivity index (χ1) is 14.4. The molecule has 0 unspecified atom stereocenters. The smallest absolute Gasteiger partial charge is 0.330 e. The van der Waals surface area contributed by atoms with Gasteiger partial charge in [0.2, 0.25) is 5.82 Å². The average Bonchev–Trinajstić information content (AvgIpc) is 2.67. The number of halogens is 2. The number of benzene rings is 1. The molecule has 0 spiro atoms. The molecular formula is C23H33F2O4P. The van der Waals surface area contributed by atoms with Gasteiger partial charge >= 0.3 is 7.60 Å². The van der Waals surface area contributed by atoms with E-state index >= 15 is 4.39 Å². The third-order valence-electron chi connectivity index (χ3n) is 7.14. The molecule has 0 N–H and O–H groups in total. The van der Waals surface area contributed by atoms with Crippen LogP contribution < -0.4 is 4.74 Å². The van der Waals surface area contributed by atoms with Gasteiger partial charge in [-0.25, -0.2) is 4.39 Å². The van der Waals surface area contributed by atoms with Gasteiger partial charge in [0.25, 0.3) is 0 Å². The third kappa shape index (κ3) is 4.33. The lowest BCUT2D eigenvalue weighted by atomic mass is 9.48. The van der Waals surface area contributed by atoms with Crippen LogP contribution in [0.4, 0.5) is 8.78 Å². The number of ether oxygens (including phenoxy) is 1. The van der Waals surface area contributed by atoms with Gasteiger partial charge in [-0.15, -0.1) is 0 Å². The molecule has 168 valence electrons. The summed E-state index contributed by atoms with van der Waals surface area (Å²) in [5, 5.41) is 0. The van der Waals surface area contributed by atoms with Crippen molar-refractivity contribution in [3.63, 3.8) is 0 Å². The van der Waals surface area contributed by atoms with Crippen molar-refractivity contribution in [3.05, 3.63) is 29.3 Å². The standard InChI is InChI=1S/C23H33F2O4P/c1-3-28-30(26,29-4-2)9-5-8-27-20-7-6-19(21(24)22(20)25)23-13-16-10-17(14-23)12-18(11-16)15-23/h6-7,16-18H,3-5,8-15H2,1-2H3. The van der Waals surface area contributed by atoms with Gasteiger partial charge in [0, 0.05) is 0 Å². The summed E-state index contributed by atoms with van der Waals surface area (Å²) in [6.45, 7) is 4.22. The van der Waals surface area contributed by atoms with Crippen LogP contribution in [-0.4, -0.2) is 26.0 Å². The second kappa shape index (κ2) is 8.88. The highest BCUT2D eigenvalue weighted by molar-refractivity contribution is 7.53. The summed E-state index contributed by atoms with van der Waals surface area (Å²) >= 11 is 0. The molecule has 4 aliphatic rings. The molecule has 4 saturated carbocycles. The van der Waals surface area contributed by atoms with Crippen LogP contribution in [0.15, 0.2) is 12.1 Å². The molecule has 30 heavy (non-hydrogen) atoms. The summed E-state index contributed by atoms with van der Waals surface area (Å²) < 4.78 is 58.4. The Bertz CT molecular complexity index is 767. The van der Waals surface area contributed by atoms with Crippen LogP contribution in [0.2, 0.25) is 0 Å². The van der Waals surface area contributed by atoms with Crippen molar-refractivity contribution >= 4 is 7.60 Å². The molecule has 4 aliphatic carbocycles. The maximum atomic E-state index is 15.1. The van der Waals surface area contributed by atoms with Crippen LogP contribution in [0.3, 0.4) is 0 Å². The minimum atomic E-state index is -3.15. The Kier molecular flexibility index (Phi) is 6.58. The largest absolute Gasteiger partial charge is 0.490 e. The maximum Gasteiger partial charge on any atom is 0.330 e. The topological polar surface area (TPSA) is 44.8 Å². The lowest BCUT2D eigenvalue weighted by Gasteiger charge is -2.57. The van der Waals surface area contributed by atoms with E-state index in [1.54, 1.807) is 26.0 Å². The maximum absolute atomic E-state index is 15.1. The predicted octanol–water partition coefficient (Wildman–Crippen LogP) is 6.47. The Morgan fingerprint density at radius 1 is 0.967 bits per heavy atom. The van der Waals surface area contributed by atoms with Gasteiger partial charge in [0.1, 0.15) is 0 Å². The van der Waals surface area contributed by atoms with E-state index in [9.17, 15) is 8.96 Å². The number of hydrogen-bond donors (Lipinski definition) is 0. The minimum absolute atomic E-state index is 0.0800. The molecular weight excluding hydrogens is 409 g/mol. The lowest BCUT2D eigenvalue weighted by Crippen LogP contribution is -2.49. The van der Waals surface area contributed by atoms with Gasteiger partial charge in [-0.05, 0) is 93.6 Å². The molecule has 7 heteroatoms. The lowest BCUT2D eigenvalue weighted by molar-refractivity contribution is -0.00708. The van der Waals surface area contributed by atoms with Gasteiger partial charge in [0.15, 0.2) is 11.6 Å². The summed E-state index contributed by atoms with van der Waals surface area (Å²) in [5.74, 6) is 0.274. The Labute approximate surface area is 178 Å². The highest BCUT2D eigenvalue weighted by Gasteiger charge is 2.52. The van der Waals surface area contributed by atoms with Crippen molar-refractivity contribution in [1.29, 1.82) is 0 Å². The fourth-order valence-electron chi connectivity index (χ4n) is 6.49. The van der Waals surface area contributed by atoms with Crippen LogP contribution in [0, 0.1) is 29.4 Å². The molecule has 0 amide bonds. The molecule has 0 aromatic heterocycles. The van der Waals surface area contributed by atoms with Gasteiger partial charge in [-0.3, -0.25) is 4.57 Å². The molecule has 1 aromatic carbocycles. The van der Waals surface area contributed by atoms with E-state index in [1.165, 1.54) is 19.3 Å². The second-order valence-corrected chi connectivity index (χ2v) is 11.5. The zero-order chi connectivity index (χ0) is 21.4. The van der Waals surface area contributed by atoms with E-state index in [-0.39, 0.29) is 23.9 Å². The Morgan fingerprint density at radius 2 is 1.53 bits per heavy atom. The summed E-state index contributed by atoms with van der Waals surface area (Å²) in [6, 6.07) is 3.31. The highest BCUT2D eigenvalue weighted by Crippen LogP contribution is 2.61.